The number of carbonyl (C=O) groups excluding carboxylic acids is 2. The summed E-state index contributed by atoms with van der Waals surface area (Å²) in [7, 11) is 1.46. The summed E-state index contributed by atoms with van der Waals surface area (Å²) >= 11 is 0. The third-order valence-corrected chi connectivity index (χ3v) is 5.11. The number of amides is 1. The molecule has 2 aliphatic rings. The van der Waals surface area contributed by atoms with E-state index in [1.54, 1.807) is 0 Å². The molecule has 1 N–H and O–H groups in total. The van der Waals surface area contributed by atoms with E-state index in [9.17, 15) is 9.59 Å². The van der Waals surface area contributed by atoms with Gasteiger partial charge in [-0.25, -0.2) is 4.79 Å². The van der Waals surface area contributed by atoms with Crippen molar-refractivity contribution in [2.45, 2.75) is 45.6 Å². The van der Waals surface area contributed by atoms with Crippen LogP contribution in [-0.2, 0) is 19.0 Å². The number of nitrogens with one attached hydrogen (secondary N) is 1. The van der Waals surface area contributed by atoms with E-state index in [1.165, 1.54) is 7.11 Å². The molecule has 0 aromatic carbocycles. The highest BCUT2D eigenvalue weighted by Crippen LogP contribution is 2.26. The minimum Gasteiger partial charge on any atom is -0.469 e. The van der Waals surface area contributed by atoms with Gasteiger partial charge in [0, 0.05) is 25.6 Å². The number of carbonyl (C=O) groups is 2. The van der Waals surface area contributed by atoms with Crippen molar-refractivity contribution in [3.8, 4) is 0 Å². The molecule has 7 nitrogen and oxygen atoms in total. The van der Waals surface area contributed by atoms with Gasteiger partial charge in [-0.3, -0.25) is 4.79 Å². The molecular weight excluding hydrogens is 336 g/mol. The predicted molar refractivity (Wildman–Crippen MR) is 97.8 cm³/mol. The van der Waals surface area contributed by atoms with Crippen molar-refractivity contribution in [2.75, 3.05) is 46.5 Å². The third kappa shape index (κ3) is 6.76. The zero-order valence-corrected chi connectivity index (χ0v) is 16.6. The summed E-state index contributed by atoms with van der Waals surface area (Å²) in [6, 6.07) is 0. The van der Waals surface area contributed by atoms with Crippen molar-refractivity contribution < 1.29 is 23.8 Å². The molecule has 7 heteroatoms. The molecule has 2 atom stereocenters. The maximum absolute atomic E-state index is 12.0. The van der Waals surface area contributed by atoms with Gasteiger partial charge < -0.3 is 24.4 Å². The number of piperidine rings is 1. The van der Waals surface area contributed by atoms with Crippen LogP contribution < -0.4 is 5.32 Å². The average molecular weight is 370 g/mol. The number of nitrogens with zero attached hydrogens (tertiary/aromatic N) is 1. The van der Waals surface area contributed by atoms with Crippen molar-refractivity contribution >= 4 is 12.1 Å². The Balaban J connectivity index is 1.71. The zero-order chi connectivity index (χ0) is 19.2. The quantitative estimate of drug-likeness (QED) is 0.747. The van der Waals surface area contributed by atoms with Gasteiger partial charge in [0.2, 0.25) is 0 Å². The molecule has 2 fully saturated rings. The number of likely N-dealkylation sites (tertiary alicyclic amines) is 1. The van der Waals surface area contributed by atoms with Crippen LogP contribution in [0.2, 0.25) is 0 Å². The smallest absolute Gasteiger partial charge is 0.407 e. The zero-order valence-electron chi connectivity index (χ0n) is 16.6. The minimum atomic E-state index is -0.467. The Morgan fingerprint density at radius 3 is 2.50 bits per heavy atom. The Hall–Kier alpha value is -1.34. The van der Waals surface area contributed by atoms with Crippen LogP contribution in [0.15, 0.2) is 0 Å². The number of methoxy groups -OCH3 is 1. The number of hydrogen-bond acceptors (Lipinski definition) is 6. The van der Waals surface area contributed by atoms with Gasteiger partial charge >= 0.3 is 12.1 Å². The van der Waals surface area contributed by atoms with Crippen LogP contribution in [-0.4, -0.2) is 69.1 Å². The third-order valence-electron chi connectivity index (χ3n) is 5.11. The van der Waals surface area contributed by atoms with Gasteiger partial charge in [0.05, 0.1) is 19.6 Å². The van der Waals surface area contributed by atoms with E-state index in [2.05, 4.69) is 10.2 Å². The number of esters is 1. The molecule has 1 amide bonds. The first-order valence-electron chi connectivity index (χ1n) is 9.63. The van der Waals surface area contributed by atoms with Crippen LogP contribution in [0.1, 0.15) is 40.0 Å². The second-order valence-corrected chi connectivity index (χ2v) is 8.38. The second kappa shape index (κ2) is 9.55. The summed E-state index contributed by atoms with van der Waals surface area (Å²) in [5.74, 6) is 0.500. The van der Waals surface area contributed by atoms with Crippen LogP contribution in [0.4, 0.5) is 4.79 Å². The molecular formula is C19H34N2O5. The topological polar surface area (TPSA) is 77.1 Å². The largest absolute Gasteiger partial charge is 0.469 e. The summed E-state index contributed by atoms with van der Waals surface area (Å²) in [5, 5.41) is 2.87. The maximum atomic E-state index is 12.0. The molecule has 2 heterocycles. The molecule has 2 unspecified atom stereocenters. The molecule has 2 saturated heterocycles. The number of rotatable bonds is 5. The lowest BCUT2D eigenvalue weighted by molar-refractivity contribution is -0.152. The highest BCUT2D eigenvalue weighted by Gasteiger charge is 2.34. The fourth-order valence-electron chi connectivity index (χ4n) is 3.69. The Labute approximate surface area is 156 Å². The van der Waals surface area contributed by atoms with Crippen LogP contribution in [0.25, 0.3) is 0 Å². The Kier molecular flexibility index (Phi) is 7.70. The Morgan fingerprint density at radius 2 is 1.88 bits per heavy atom. The van der Waals surface area contributed by atoms with Gasteiger partial charge in [0.15, 0.2) is 0 Å². The van der Waals surface area contributed by atoms with Crippen LogP contribution in [0.5, 0.6) is 0 Å². The summed E-state index contributed by atoms with van der Waals surface area (Å²) in [5.41, 5.74) is -0.467. The summed E-state index contributed by atoms with van der Waals surface area (Å²) in [4.78, 5) is 26.1. The van der Waals surface area contributed by atoms with E-state index in [0.29, 0.717) is 25.7 Å². The van der Waals surface area contributed by atoms with Crippen LogP contribution >= 0.6 is 0 Å². The predicted octanol–water partition coefficient (Wildman–Crippen LogP) is 2.05. The standard InChI is InChI=1S/C19H34N2O5/c1-19(2,3)26-18(23)20-11-14-5-8-21(9-6-14)12-15-13-25-10-7-16(15)17(22)24-4/h14-16H,5-13H2,1-4H3,(H,20,23). The molecule has 150 valence electrons. The van der Waals surface area contributed by atoms with Gasteiger partial charge in [-0.05, 0) is 59.0 Å². The van der Waals surface area contributed by atoms with Crippen LogP contribution in [0, 0.1) is 17.8 Å². The number of ether oxygens (including phenoxy) is 3. The normalized spacial score (nSPS) is 25.5. The lowest BCUT2D eigenvalue weighted by Gasteiger charge is -2.37. The monoisotopic (exact) mass is 370 g/mol. The minimum absolute atomic E-state index is 0.0553. The van der Waals surface area contributed by atoms with E-state index in [1.807, 2.05) is 20.8 Å². The fraction of sp³-hybridized carbons (Fsp3) is 0.895. The molecule has 26 heavy (non-hydrogen) atoms. The van der Waals surface area contributed by atoms with E-state index in [0.717, 1.165) is 38.9 Å². The summed E-state index contributed by atoms with van der Waals surface area (Å²) in [6.07, 6.45) is 2.46. The van der Waals surface area contributed by atoms with E-state index in [-0.39, 0.29) is 23.9 Å². The molecule has 2 rings (SSSR count). The molecule has 2 aliphatic heterocycles. The van der Waals surface area contributed by atoms with Crippen molar-refractivity contribution in [3.63, 3.8) is 0 Å². The Morgan fingerprint density at radius 1 is 1.19 bits per heavy atom. The first kappa shape index (κ1) is 21.0. The molecule has 0 aromatic heterocycles. The molecule has 0 radical (unpaired) electrons. The molecule has 0 saturated carbocycles. The van der Waals surface area contributed by atoms with Gasteiger partial charge in [0.1, 0.15) is 5.60 Å². The van der Waals surface area contributed by atoms with Gasteiger partial charge in [0.25, 0.3) is 0 Å². The average Bonchev–Trinajstić information content (AvgIpc) is 2.59. The lowest BCUT2D eigenvalue weighted by atomic mass is 9.87. The highest BCUT2D eigenvalue weighted by atomic mass is 16.6. The maximum Gasteiger partial charge on any atom is 0.407 e. The fourth-order valence-corrected chi connectivity index (χ4v) is 3.69. The van der Waals surface area contributed by atoms with E-state index >= 15 is 0 Å². The van der Waals surface area contributed by atoms with Gasteiger partial charge in [-0.15, -0.1) is 0 Å². The van der Waals surface area contributed by atoms with E-state index < -0.39 is 5.60 Å². The number of alkyl carbamates (subject to hydrolysis) is 1. The van der Waals surface area contributed by atoms with Crippen molar-refractivity contribution in [1.29, 1.82) is 0 Å². The summed E-state index contributed by atoms with van der Waals surface area (Å²) in [6.45, 7) is 10.3. The van der Waals surface area contributed by atoms with Crippen molar-refractivity contribution in [2.24, 2.45) is 17.8 Å². The molecule has 0 aliphatic carbocycles. The van der Waals surface area contributed by atoms with Gasteiger partial charge in [-0.1, -0.05) is 0 Å². The van der Waals surface area contributed by atoms with Gasteiger partial charge in [-0.2, -0.15) is 0 Å². The molecule has 0 spiro atoms. The lowest BCUT2D eigenvalue weighted by Crippen LogP contribution is -2.45. The van der Waals surface area contributed by atoms with Crippen LogP contribution in [0.3, 0.4) is 0 Å². The first-order valence-corrected chi connectivity index (χ1v) is 9.63. The number of hydrogen-bond donors (Lipinski definition) is 1. The first-order chi connectivity index (χ1) is 12.3. The Bertz CT molecular complexity index is 469. The molecule has 0 aromatic rings. The van der Waals surface area contributed by atoms with Crippen molar-refractivity contribution in [1.82, 2.24) is 10.2 Å². The SMILES string of the molecule is COC(=O)C1CCOCC1CN1CCC(CNC(=O)OC(C)(C)C)CC1. The second-order valence-electron chi connectivity index (χ2n) is 8.38. The molecule has 0 bridgehead atoms. The highest BCUT2D eigenvalue weighted by molar-refractivity contribution is 5.72. The van der Waals surface area contributed by atoms with Crippen molar-refractivity contribution in [3.05, 3.63) is 0 Å². The summed E-state index contributed by atoms with van der Waals surface area (Å²) < 4.78 is 15.8. The van der Waals surface area contributed by atoms with E-state index in [4.69, 9.17) is 14.2 Å².